The highest BCUT2D eigenvalue weighted by Gasteiger charge is 2.04. The molecule has 0 saturated carbocycles. The van der Waals surface area contributed by atoms with E-state index in [9.17, 15) is 0 Å². The molecule has 20 heavy (non-hydrogen) atoms. The molecule has 4 nitrogen and oxygen atoms in total. The molecule has 4 heteroatoms. The molecule has 0 atom stereocenters. The molecule has 0 aromatic heterocycles. The molecule has 2 aromatic carbocycles. The number of benzene rings is 2. The van der Waals surface area contributed by atoms with E-state index in [2.05, 4.69) is 6.07 Å². The van der Waals surface area contributed by atoms with E-state index in [0.29, 0.717) is 18.7 Å². The Morgan fingerprint density at radius 1 is 1.15 bits per heavy atom. The zero-order chi connectivity index (χ0) is 14.4. The quantitative estimate of drug-likeness (QED) is 0.846. The van der Waals surface area contributed by atoms with Gasteiger partial charge in [0.25, 0.3) is 0 Å². The molecule has 2 rings (SSSR count). The summed E-state index contributed by atoms with van der Waals surface area (Å²) in [5.74, 6) is 1.50. The minimum absolute atomic E-state index is 0.381. The number of methoxy groups -OCH3 is 1. The van der Waals surface area contributed by atoms with Gasteiger partial charge in [-0.3, -0.25) is 0 Å². The fourth-order valence-corrected chi connectivity index (χ4v) is 1.87. The topological polar surface area (TPSA) is 68.3 Å². The molecule has 0 radical (unpaired) electrons. The molecule has 0 unspecified atom stereocenters. The van der Waals surface area contributed by atoms with Crippen molar-refractivity contribution in [3.8, 4) is 17.6 Å². The molecular formula is C16H16N2O2. The minimum atomic E-state index is 0.381. The molecule has 0 aliphatic rings. The summed E-state index contributed by atoms with van der Waals surface area (Å²) >= 11 is 0. The number of nitrogens with zero attached hydrogens (tertiary/aromatic N) is 1. The highest BCUT2D eigenvalue weighted by molar-refractivity contribution is 5.47. The van der Waals surface area contributed by atoms with Gasteiger partial charge in [0.15, 0.2) is 0 Å². The average molecular weight is 268 g/mol. The SMILES string of the molecule is COc1ccc(N)cc1COc1ccc(CC#N)cc1. The summed E-state index contributed by atoms with van der Waals surface area (Å²) in [5.41, 5.74) is 8.31. The summed E-state index contributed by atoms with van der Waals surface area (Å²) in [4.78, 5) is 0. The zero-order valence-corrected chi connectivity index (χ0v) is 11.3. The van der Waals surface area contributed by atoms with Crippen molar-refractivity contribution in [2.75, 3.05) is 12.8 Å². The first-order chi connectivity index (χ1) is 9.72. The van der Waals surface area contributed by atoms with Crippen LogP contribution in [-0.2, 0) is 13.0 Å². The molecule has 0 spiro atoms. The van der Waals surface area contributed by atoms with Crippen LogP contribution in [0, 0.1) is 11.3 Å². The molecule has 0 amide bonds. The first-order valence-electron chi connectivity index (χ1n) is 6.24. The van der Waals surface area contributed by atoms with Gasteiger partial charge >= 0.3 is 0 Å². The van der Waals surface area contributed by atoms with E-state index in [1.807, 2.05) is 36.4 Å². The van der Waals surface area contributed by atoms with Crippen LogP contribution in [0.1, 0.15) is 11.1 Å². The van der Waals surface area contributed by atoms with Crippen LogP contribution < -0.4 is 15.2 Å². The average Bonchev–Trinajstić information content (AvgIpc) is 2.47. The fourth-order valence-electron chi connectivity index (χ4n) is 1.87. The Morgan fingerprint density at radius 2 is 1.90 bits per heavy atom. The van der Waals surface area contributed by atoms with Crippen molar-refractivity contribution in [1.29, 1.82) is 5.26 Å². The van der Waals surface area contributed by atoms with Gasteiger partial charge in [-0.1, -0.05) is 12.1 Å². The van der Waals surface area contributed by atoms with E-state index in [0.717, 1.165) is 22.6 Å². The van der Waals surface area contributed by atoms with Crippen LogP contribution in [0.4, 0.5) is 5.69 Å². The molecule has 0 aliphatic heterocycles. The van der Waals surface area contributed by atoms with Crippen molar-refractivity contribution in [2.45, 2.75) is 13.0 Å². The molecule has 0 saturated heterocycles. The van der Waals surface area contributed by atoms with Crippen LogP contribution in [-0.4, -0.2) is 7.11 Å². The van der Waals surface area contributed by atoms with Gasteiger partial charge < -0.3 is 15.2 Å². The number of hydrogen-bond donors (Lipinski definition) is 1. The second-order valence-corrected chi connectivity index (χ2v) is 4.34. The molecule has 0 fully saturated rings. The Hall–Kier alpha value is -2.67. The predicted molar refractivity (Wildman–Crippen MR) is 77.5 cm³/mol. The fraction of sp³-hybridized carbons (Fsp3) is 0.188. The van der Waals surface area contributed by atoms with Crippen molar-refractivity contribution in [3.05, 3.63) is 53.6 Å². The van der Waals surface area contributed by atoms with Crippen LogP contribution in [0.2, 0.25) is 0 Å². The smallest absolute Gasteiger partial charge is 0.125 e. The monoisotopic (exact) mass is 268 g/mol. The summed E-state index contributed by atoms with van der Waals surface area (Å²) in [6.07, 6.45) is 0.406. The summed E-state index contributed by atoms with van der Waals surface area (Å²) < 4.78 is 11.0. The van der Waals surface area contributed by atoms with Gasteiger partial charge in [-0.25, -0.2) is 0 Å². The maximum absolute atomic E-state index is 8.62. The van der Waals surface area contributed by atoms with Crippen molar-refractivity contribution in [2.24, 2.45) is 0 Å². The molecule has 0 aliphatic carbocycles. The highest BCUT2D eigenvalue weighted by atomic mass is 16.5. The summed E-state index contributed by atoms with van der Waals surface area (Å²) in [5, 5.41) is 8.62. The molecule has 2 aromatic rings. The van der Waals surface area contributed by atoms with Crippen molar-refractivity contribution >= 4 is 5.69 Å². The van der Waals surface area contributed by atoms with E-state index in [1.54, 1.807) is 13.2 Å². The first-order valence-corrected chi connectivity index (χ1v) is 6.24. The van der Waals surface area contributed by atoms with Crippen LogP contribution in [0.5, 0.6) is 11.5 Å². The number of anilines is 1. The van der Waals surface area contributed by atoms with E-state index in [1.165, 1.54) is 0 Å². The van der Waals surface area contributed by atoms with Crippen molar-refractivity contribution < 1.29 is 9.47 Å². The van der Waals surface area contributed by atoms with Crippen LogP contribution >= 0.6 is 0 Å². The Balaban J connectivity index is 2.05. The molecule has 102 valence electrons. The minimum Gasteiger partial charge on any atom is -0.496 e. The lowest BCUT2D eigenvalue weighted by Crippen LogP contribution is -2.00. The Bertz CT molecular complexity index is 615. The summed E-state index contributed by atoms with van der Waals surface area (Å²) in [6, 6.07) is 15.0. The van der Waals surface area contributed by atoms with Gasteiger partial charge in [0.1, 0.15) is 18.1 Å². The third-order valence-corrected chi connectivity index (χ3v) is 2.91. The van der Waals surface area contributed by atoms with Gasteiger partial charge in [-0.15, -0.1) is 0 Å². The lowest BCUT2D eigenvalue weighted by molar-refractivity contribution is 0.296. The Labute approximate surface area is 118 Å². The standard InChI is InChI=1S/C16H16N2O2/c1-19-16-7-4-14(18)10-13(16)11-20-15-5-2-12(3-6-15)8-9-17/h2-7,10H,8,11,18H2,1H3. The van der Waals surface area contributed by atoms with E-state index in [-0.39, 0.29) is 0 Å². The molecule has 2 N–H and O–H groups in total. The summed E-state index contributed by atoms with van der Waals surface area (Å²) in [7, 11) is 1.62. The number of nitrogen functional groups attached to an aromatic ring is 1. The molecule has 0 heterocycles. The Kier molecular flexibility index (Phi) is 4.46. The van der Waals surface area contributed by atoms with Crippen LogP contribution in [0.3, 0.4) is 0 Å². The number of rotatable bonds is 5. The van der Waals surface area contributed by atoms with E-state index < -0.39 is 0 Å². The highest BCUT2D eigenvalue weighted by Crippen LogP contribution is 2.23. The van der Waals surface area contributed by atoms with Crippen molar-refractivity contribution in [3.63, 3.8) is 0 Å². The number of ether oxygens (including phenoxy) is 2. The summed E-state index contributed by atoms with van der Waals surface area (Å²) in [6.45, 7) is 0.381. The molecule has 0 bridgehead atoms. The van der Waals surface area contributed by atoms with Gasteiger partial charge in [0.05, 0.1) is 19.6 Å². The van der Waals surface area contributed by atoms with Gasteiger partial charge in [-0.05, 0) is 35.9 Å². The third kappa shape index (κ3) is 3.42. The molecular weight excluding hydrogens is 252 g/mol. The van der Waals surface area contributed by atoms with Gasteiger partial charge in [0, 0.05) is 11.3 Å². The second kappa shape index (κ2) is 6.48. The van der Waals surface area contributed by atoms with Gasteiger partial charge in [-0.2, -0.15) is 5.26 Å². The predicted octanol–water partition coefficient (Wildman–Crippen LogP) is 2.92. The van der Waals surface area contributed by atoms with Crippen molar-refractivity contribution in [1.82, 2.24) is 0 Å². The first kappa shape index (κ1) is 13.8. The van der Waals surface area contributed by atoms with Crippen LogP contribution in [0.25, 0.3) is 0 Å². The number of nitrogens with two attached hydrogens (primary N) is 1. The van der Waals surface area contributed by atoms with E-state index in [4.69, 9.17) is 20.5 Å². The maximum atomic E-state index is 8.62. The lowest BCUT2D eigenvalue weighted by Gasteiger charge is -2.11. The number of nitriles is 1. The lowest BCUT2D eigenvalue weighted by atomic mass is 10.1. The van der Waals surface area contributed by atoms with Crippen LogP contribution in [0.15, 0.2) is 42.5 Å². The van der Waals surface area contributed by atoms with E-state index >= 15 is 0 Å². The maximum Gasteiger partial charge on any atom is 0.125 e. The largest absolute Gasteiger partial charge is 0.496 e. The third-order valence-electron chi connectivity index (χ3n) is 2.91. The normalized spacial score (nSPS) is 9.80. The zero-order valence-electron chi connectivity index (χ0n) is 11.3. The Morgan fingerprint density at radius 3 is 2.55 bits per heavy atom. The second-order valence-electron chi connectivity index (χ2n) is 4.34. The number of hydrogen-bond acceptors (Lipinski definition) is 4. The van der Waals surface area contributed by atoms with Gasteiger partial charge in [0.2, 0.25) is 0 Å².